The molecule has 1 aromatic rings. The summed E-state index contributed by atoms with van der Waals surface area (Å²) in [6, 6.07) is 0. The number of aromatic nitrogens is 1. The second-order valence-corrected chi connectivity index (χ2v) is 5.56. The number of pyridine rings is 1. The largest absolute Gasteiger partial charge is 0.266 e. The number of rotatable bonds is 2. The first-order valence-electron chi connectivity index (χ1n) is 3.63. The van der Waals surface area contributed by atoms with Crippen LogP contribution in [0.3, 0.4) is 0 Å². The molecule has 0 amide bonds. The molecule has 0 aliphatic heterocycles. The van der Waals surface area contributed by atoms with Crippen LogP contribution in [0, 0.1) is 6.92 Å². The van der Waals surface area contributed by atoms with Crippen LogP contribution in [0.1, 0.15) is 17.7 Å². The third-order valence-electron chi connectivity index (χ3n) is 1.66. The molecule has 8 heteroatoms. The molecule has 15 heavy (non-hydrogen) atoms. The maximum Gasteiger partial charge on any atom is 0.266 e. The molecule has 0 aliphatic carbocycles. The molecule has 3 nitrogen and oxygen atoms in total. The fraction of sp³-hybridized carbons (Fsp3) is 0.286. The Labute approximate surface area is 94.4 Å². The first-order valence-corrected chi connectivity index (χ1v) is 6.31. The predicted octanol–water partition coefficient (Wildman–Crippen LogP) is 2.91. The Morgan fingerprint density at radius 3 is 2.40 bits per heavy atom. The van der Waals surface area contributed by atoms with Crippen LogP contribution in [0.25, 0.3) is 0 Å². The van der Waals surface area contributed by atoms with Gasteiger partial charge in [0.15, 0.2) is 0 Å². The van der Waals surface area contributed by atoms with Gasteiger partial charge in [-0.3, -0.25) is 4.98 Å². The minimum absolute atomic E-state index is 0.0144. The van der Waals surface area contributed by atoms with Gasteiger partial charge < -0.3 is 0 Å². The van der Waals surface area contributed by atoms with E-state index in [1.807, 2.05) is 0 Å². The van der Waals surface area contributed by atoms with Gasteiger partial charge in [0.1, 0.15) is 4.90 Å². The lowest BCUT2D eigenvalue weighted by Gasteiger charge is -2.08. The summed E-state index contributed by atoms with van der Waals surface area (Å²) < 4.78 is 46.8. The van der Waals surface area contributed by atoms with Gasteiger partial charge in [-0.25, -0.2) is 17.2 Å². The van der Waals surface area contributed by atoms with Gasteiger partial charge >= 0.3 is 0 Å². The molecule has 0 bridgehead atoms. The van der Waals surface area contributed by atoms with E-state index in [0.29, 0.717) is 0 Å². The summed E-state index contributed by atoms with van der Waals surface area (Å²) in [4.78, 5) is 2.93. The predicted molar refractivity (Wildman–Crippen MR) is 52.0 cm³/mol. The third-order valence-corrected chi connectivity index (χ3v) is 3.63. The average molecular weight is 276 g/mol. The first-order chi connectivity index (χ1) is 6.75. The van der Waals surface area contributed by atoms with Crippen LogP contribution >= 0.6 is 22.3 Å². The Bertz CT molecular complexity index is 490. The fourth-order valence-electron chi connectivity index (χ4n) is 1.01. The van der Waals surface area contributed by atoms with Crippen molar-refractivity contribution in [3.8, 4) is 0 Å². The summed E-state index contributed by atoms with van der Waals surface area (Å²) in [7, 11) is 0.873. The molecule has 0 unspecified atom stereocenters. The van der Waals surface area contributed by atoms with Crippen molar-refractivity contribution in [2.45, 2.75) is 18.2 Å². The van der Waals surface area contributed by atoms with E-state index in [-0.39, 0.29) is 5.69 Å². The van der Waals surface area contributed by atoms with Crippen LogP contribution < -0.4 is 0 Å². The van der Waals surface area contributed by atoms with Gasteiger partial charge in [0.05, 0.1) is 16.3 Å². The van der Waals surface area contributed by atoms with Crippen LogP contribution in [-0.2, 0) is 9.05 Å². The molecule has 1 rings (SSSR count). The molecule has 0 saturated carbocycles. The quantitative estimate of drug-likeness (QED) is 0.780. The van der Waals surface area contributed by atoms with Crippen molar-refractivity contribution in [2.75, 3.05) is 0 Å². The zero-order chi connectivity index (χ0) is 11.8. The highest BCUT2D eigenvalue weighted by atomic mass is 35.7. The smallest absolute Gasteiger partial charge is 0.260 e. The van der Waals surface area contributed by atoms with Gasteiger partial charge in [0.2, 0.25) is 0 Å². The fourth-order valence-corrected chi connectivity index (χ4v) is 3.00. The molecular weight excluding hydrogens is 271 g/mol. The molecule has 84 valence electrons. The first kappa shape index (κ1) is 12.6. The van der Waals surface area contributed by atoms with E-state index < -0.39 is 31.0 Å². The van der Waals surface area contributed by atoms with Crippen molar-refractivity contribution in [2.24, 2.45) is 0 Å². The summed E-state index contributed by atoms with van der Waals surface area (Å²) >= 11 is 5.51. The van der Waals surface area contributed by atoms with E-state index in [4.69, 9.17) is 22.3 Å². The Kier molecular flexibility index (Phi) is 3.52. The van der Waals surface area contributed by atoms with E-state index in [2.05, 4.69) is 4.98 Å². The topological polar surface area (TPSA) is 47.0 Å². The van der Waals surface area contributed by atoms with Crippen LogP contribution in [0.5, 0.6) is 0 Å². The number of hydrogen-bond donors (Lipinski definition) is 0. The SMILES string of the molecule is Cc1ncc(C(F)F)c(Cl)c1S(=O)(=O)Cl. The monoisotopic (exact) mass is 275 g/mol. The molecule has 0 atom stereocenters. The molecule has 0 aromatic carbocycles. The van der Waals surface area contributed by atoms with Crippen molar-refractivity contribution >= 4 is 31.3 Å². The third kappa shape index (κ3) is 2.56. The number of nitrogens with zero attached hydrogens (tertiary/aromatic N) is 1. The van der Waals surface area contributed by atoms with Gasteiger partial charge in [0, 0.05) is 16.9 Å². The summed E-state index contributed by atoms with van der Waals surface area (Å²) in [6.07, 6.45) is -2.07. The second-order valence-electron chi connectivity index (χ2n) is 2.68. The number of hydrogen-bond acceptors (Lipinski definition) is 3. The molecule has 0 fully saturated rings. The summed E-state index contributed by atoms with van der Waals surface area (Å²) in [5, 5.41) is -0.576. The highest BCUT2D eigenvalue weighted by molar-refractivity contribution is 8.13. The van der Waals surface area contributed by atoms with Crippen molar-refractivity contribution < 1.29 is 17.2 Å². The molecule has 0 spiro atoms. The van der Waals surface area contributed by atoms with E-state index >= 15 is 0 Å². The zero-order valence-electron chi connectivity index (χ0n) is 7.34. The number of aryl methyl sites for hydroxylation is 1. The number of alkyl halides is 2. The average Bonchev–Trinajstić information content (AvgIpc) is 2.00. The van der Waals surface area contributed by atoms with Crippen molar-refractivity contribution in [1.82, 2.24) is 4.98 Å². The maximum absolute atomic E-state index is 12.4. The van der Waals surface area contributed by atoms with Crippen molar-refractivity contribution in [3.63, 3.8) is 0 Å². The minimum atomic E-state index is -4.18. The summed E-state index contributed by atoms with van der Waals surface area (Å²) in [5.41, 5.74) is -0.666. The van der Waals surface area contributed by atoms with Gasteiger partial charge in [-0.05, 0) is 6.92 Å². The van der Waals surface area contributed by atoms with Gasteiger partial charge in [0.25, 0.3) is 15.5 Å². The van der Waals surface area contributed by atoms with Crippen LogP contribution in [0.2, 0.25) is 5.02 Å². The van der Waals surface area contributed by atoms with Crippen molar-refractivity contribution in [3.05, 3.63) is 22.5 Å². The molecule has 0 radical (unpaired) electrons. The molecular formula is C7H5Cl2F2NO2S. The number of halogens is 4. The highest BCUT2D eigenvalue weighted by Gasteiger charge is 2.24. The Balaban J connectivity index is 3.59. The van der Waals surface area contributed by atoms with E-state index in [9.17, 15) is 17.2 Å². The van der Waals surface area contributed by atoms with E-state index in [1.54, 1.807) is 0 Å². The Morgan fingerprint density at radius 1 is 1.47 bits per heavy atom. The van der Waals surface area contributed by atoms with Gasteiger partial charge in [-0.1, -0.05) is 11.6 Å². The van der Waals surface area contributed by atoms with Crippen LogP contribution in [-0.4, -0.2) is 13.4 Å². The lowest BCUT2D eigenvalue weighted by atomic mass is 10.2. The second kappa shape index (κ2) is 4.19. The molecule has 0 aliphatic rings. The van der Waals surface area contributed by atoms with E-state index in [1.165, 1.54) is 6.92 Å². The van der Waals surface area contributed by atoms with Gasteiger partial charge in [-0.15, -0.1) is 0 Å². The maximum atomic E-state index is 12.4. The highest BCUT2D eigenvalue weighted by Crippen LogP contribution is 2.34. The molecule has 1 aromatic heterocycles. The summed E-state index contributed by atoms with van der Waals surface area (Å²) in [6.45, 7) is 1.32. The standard InChI is InChI=1S/C7H5Cl2F2NO2S/c1-3-6(15(9,13)14)5(8)4(2-12-3)7(10)11/h2,7H,1H3. The van der Waals surface area contributed by atoms with Crippen LogP contribution in [0.4, 0.5) is 8.78 Å². The Hall–Kier alpha value is -0.460. The molecule has 1 heterocycles. The lowest BCUT2D eigenvalue weighted by Crippen LogP contribution is -2.02. The van der Waals surface area contributed by atoms with Crippen molar-refractivity contribution in [1.29, 1.82) is 0 Å². The zero-order valence-corrected chi connectivity index (χ0v) is 9.67. The van der Waals surface area contributed by atoms with Crippen LogP contribution in [0.15, 0.2) is 11.1 Å². The Morgan fingerprint density at radius 2 is 2.00 bits per heavy atom. The van der Waals surface area contributed by atoms with Gasteiger partial charge in [-0.2, -0.15) is 0 Å². The normalized spacial score (nSPS) is 12.1. The minimum Gasteiger partial charge on any atom is -0.260 e. The summed E-state index contributed by atoms with van der Waals surface area (Å²) in [5.74, 6) is 0. The van der Waals surface area contributed by atoms with E-state index in [0.717, 1.165) is 6.20 Å². The molecule has 0 N–H and O–H groups in total. The lowest BCUT2D eigenvalue weighted by molar-refractivity contribution is 0.150. The molecule has 0 saturated heterocycles.